The molecule has 0 saturated carbocycles. The highest BCUT2D eigenvalue weighted by Crippen LogP contribution is 2.15. The van der Waals surface area contributed by atoms with Gasteiger partial charge in [-0.3, -0.25) is 0 Å². The fourth-order valence-corrected chi connectivity index (χ4v) is 2.48. The third-order valence-electron chi connectivity index (χ3n) is 2.32. The SMILES string of the molecule is CSCC(C)(O)CNCCOc1ccc(Br)cc1. The lowest BCUT2D eigenvalue weighted by atomic mass is 10.1. The summed E-state index contributed by atoms with van der Waals surface area (Å²) in [5.41, 5.74) is -0.656. The second-order valence-corrected chi connectivity index (χ2v) is 6.19. The molecule has 0 aliphatic rings. The van der Waals surface area contributed by atoms with Crippen molar-refractivity contribution in [2.24, 2.45) is 0 Å². The van der Waals surface area contributed by atoms with Crippen LogP contribution < -0.4 is 10.1 Å². The summed E-state index contributed by atoms with van der Waals surface area (Å²) < 4.78 is 6.61. The van der Waals surface area contributed by atoms with Gasteiger partial charge in [0.1, 0.15) is 12.4 Å². The normalized spacial score (nSPS) is 14.2. The van der Waals surface area contributed by atoms with Gasteiger partial charge in [0.15, 0.2) is 0 Å². The van der Waals surface area contributed by atoms with Crippen LogP contribution in [0, 0.1) is 0 Å². The van der Waals surface area contributed by atoms with E-state index in [2.05, 4.69) is 21.2 Å². The third kappa shape index (κ3) is 6.64. The average Bonchev–Trinajstić information content (AvgIpc) is 2.31. The Kier molecular flexibility index (Phi) is 7.07. The molecule has 3 nitrogen and oxygen atoms in total. The predicted octanol–water partition coefficient (Wildman–Crippen LogP) is 2.53. The molecule has 1 atom stereocenters. The zero-order chi connectivity index (χ0) is 13.4. The molecule has 5 heteroatoms. The van der Waals surface area contributed by atoms with E-state index in [9.17, 15) is 5.11 Å². The Morgan fingerprint density at radius 1 is 1.39 bits per heavy atom. The van der Waals surface area contributed by atoms with Crippen LogP contribution in [-0.2, 0) is 0 Å². The van der Waals surface area contributed by atoms with Gasteiger partial charge in [-0.1, -0.05) is 15.9 Å². The minimum absolute atomic E-state index is 0.581. The first-order chi connectivity index (χ1) is 8.53. The standard InChI is InChI=1S/C13H20BrNO2S/c1-13(16,10-18-2)9-15-7-8-17-12-5-3-11(14)4-6-12/h3-6,15-16H,7-10H2,1-2H3. The molecule has 2 N–H and O–H groups in total. The van der Waals surface area contributed by atoms with Gasteiger partial charge in [-0.15, -0.1) is 0 Å². The van der Waals surface area contributed by atoms with E-state index < -0.39 is 5.60 Å². The van der Waals surface area contributed by atoms with Crippen LogP contribution in [0.4, 0.5) is 0 Å². The topological polar surface area (TPSA) is 41.5 Å². The zero-order valence-corrected chi connectivity index (χ0v) is 13.2. The Morgan fingerprint density at radius 2 is 2.06 bits per heavy atom. The van der Waals surface area contributed by atoms with E-state index in [1.165, 1.54) is 0 Å². The van der Waals surface area contributed by atoms with Gasteiger partial charge in [-0.2, -0.15) is 11.8 Å². The molecule has 0 aromatic heterocycles. The Hall–Kier alpha value is -0.230. The van der Waals surface area contributed by atoms with E-state index in [-0.39, 0.29) is 0 Å². The first kappa shape index (κ1) is 15.8. The number of rotatable bonds is 8. The quantitative estimate of drug-likeness (QED) is 0.717. The summed E-state index contributed by atoms with van der Waals surface area (Å²) in [4.78, 5) is 0. The third-order valence-corrected chi connectivity index (χ3v) is 3.76. The fourth-order valence-electron chi connectivity index (χ4n) is 1.49. The molecule has 0 aliphatic heterocycles. The van der Waals surface area contributed by atoms with E-state index in [1.54, 1.807) is 11.8 Å². The molecule has 0 amide bonds. The van der Waals surface area contributed by atoms with Gasteiger partial charge in [0.2, 0.25) is 0 Å². The van der Waals surface area contributed by atoms with Crippen molar-refractivity contribution in [3.8, 4) is 5.75 Å². The van der Waals surface area contributed by atoms with Gasteiger partial charge < -0.3 is 15.2 Å². The van der Waals surface area contributed by atoms with E-state index in [1.807, 2.05) is 37.4 Å². The maximum Gasteiger partial charge on any atom is 0.119 e. The monoisotopic (exact) mass is 333 g/mol. The second kappa shape index (κ2) is 8.04. The lowest BCUT2D eigenvalue weighted by molar-refractivity contribution is 0.0839. The molecule has 1 unspecified atom stereocenters. The maximum absolute atomic E-state index is 9.93. The van der Waals surface area contributed by atoms with Crippen molar-refractivity contribution in [3.63, 3.8) is 0 Å². The fraction of sp³-hybridized carbons (Fsp3) is 0.538. The van der Waals surface area contributed by atoms with E-state index in [0.29, 0.717) is 13.2 Å². The molecule has 1 aromatic carbocycles. The number of benzene rings is 1. The summed E-state index contributed by atoms with van der Waals surface area (Å²) in [5.74, 6) is 1.59. The molecule has 18 heavy (non-hydrogen) atoms. The summed E-state index contributed by atoms with van der Waals surface area (Å²) in [5, 5.41) is 13.1. The molecule has 0 bridgehead atoms. The highest BCUT2D eigenvalue weighted by Gasteiger charge is 2.18. The number of nitrogens with one attached hydrogen (secondary N) is 1. The summed E-state index contributed by atoms with van der Waals surface area (Å²) in [7, 11) is 0. The molecule has 0 heterocycles. The predicted molar refractivity (Wildman–Crippen MR) is 81.5 cm³/mol. The molecular weight excluding hydrogens is 314 g/mol. The molecule has 1 aromatic rings. The summed E-state index contributed by atoms with van der Waals surface area (Å²) in [6.07, 6.45) is 1.99. The Bertz CT molecular complexity index is 343. The minimum atomic E-state index is -0.656. The second-order valence-electron chi connectivity index (χ2n) is 4.41. The Balaban J connectivity index is 2.14. The first-order valence-electron chi connectivity index (χ1n) is 5.84. The van der Waals surface area contributed by atoms with Crippen LogP contribution in [0.2, 0.25) is 0 Å². The van der Waals surface area contributed by atoms with Gasteiger partial charge in [-0.05, 0) is 37.4 Å². The van der Waals surface area contributed by atoms with Gasteiger partial charge in [-0.25, -0.2) is 0 Å². The highest BCUT2D eigenvalue weighted by atomic mass is 79.9. The molecule has 0 aliphatic carbocycles. The highest BCUT2D eigenvalue weighted by molar-refractivity contribution is 9.10. The number of thioether (sulfide) groups is 1. The van der Waals surface area contributed by atoms with E-state index in [0.717, 1.165) is 22.5 Å². The van der Waals surface area contributed by atoms with Crippen molar-refractivity contribution in [2.75, 3.05) is 31.7 Å². The molecular formula is C13H20BrNO2S. The number of hydrogen-bond acceptors (Lipinski definition) is 4. The Labute approximate surface area is 121 Å². The summed E-state index contributed by atoms with van der Waals surface area (Å²) in [6.45, 7) is 3.74. The van der Waals surface area contributed by atoms with Crippen LogP contribution in [0.1, 0.15) is 6.92 Å². The van der Waals surface area contributed by atoms with Crippen LogP contribution in [0.15, 0.2) is 28.7 Å². The van der Waals surface area contributed by atoms with E-state index in [4.69, 9.17) is 4.74 Å². The van der Waals surface area contributed by atoms with Gasteiger partial charge >= 0.3 is 0 Å². The zero-order valence-electron chi connectivity index (χ0n) is 10.8. The van der Waals surface area contributed by atoms with Gasteiger partial charge in [0, 0.05) is 23.3 Å². The first-order valence-corrected chi connectivity index (χ1v) is 8.02. The van der Waals surface area contributed by atoms with Crippen molar-refractivity contribution in [3.05, 3.63) is 28.7 Å². The summed E-state index contributed by atoms with van der Waals surface area (Å²) in [6, 6.07) is 7.75. The average molecular weight is 334 g/mol. The molecule has 0 fully saturated rings. The number of halogens is 1. The molecule has 0 radical (unpaired) electrons. The largest absolute Gasteiger partial charge is 0.492 e. The van der Waals surface area contributed by atoms with Crippen LogP contribution in [-0.4, -0.2) is 42.4 Å². The number of hydrogen-bond donors (Lipinski definition) is 2. The summed E-state index contributed by atoms with van der Waals surface area (Å²) >= 11 is 5.02. The van der Waals surface area contributed by atoms with Crippen molar-refractivity contribution in [1.29, 1.82) is 0 Å². The number of ether oxygens (including phenoxy) is 1. The lowest BCUT2D eigenvalue weighted by Gasteiger charge is -2.22. The molecule has 102 valence electrons. The van der Waals surface area contributed by atoms with Crippen molar-refractivity contribution in [2.45, 2.75) is 12.5 Å². The van der Waals surface area contributed by atoms with E-state index >= 15 is 0 Å². The lowest BCUT2D eigenvalue weighted by Crippen LogP contribution is -2.41. The van der Waals surface area contributed by atoms with Crippen LogP contribution >= 0.6 is 27.7 Å². The van der Waals surface area contributed by atoms with Crippen LogP contribution in [0.25, 0.3) is 0 Å². The van der Waals surface area contributed by atoms with Crippen molar-refractivity contribution < 1.29 is 9.84 Å². The minimum Gasteiger partial charge on any atom is -0.492 e. The maximum atomic E-state index is 9.93. The number of aliphatic hydroxyl groups is 1. The van der Waals surface area contributed by atoms with Gasteiger partial charge in [0.25, 0.3) is 0 Å². The van der Waals surface area contributed by atoms with Crippen LogP contribution in [0.3, 0.4) is 0 Å². The molecule has 0 saturated heterocycles. The van der Waals surface area contributed by atoms with Gasteiger partial charge in [0.05, 0.1) is 5.60 Å². The molecule has 1 rings (SSSR count). The van der Waals surface area contributed by atoms with Crippen molar-refractivity contribution in [1.82, 2.24) is 5.32 Å². The Morgan fingerprint density at radius 3 is 2.67 bits per heavy atom. The smallest absolute Gasteiger partial charge is 0.119 e. The molecule has 0 spiro atoms. The van der Waals surface area contributed by atoms with Crippen molar-refractivity contribution >= 4 is 27.7 Å². The van der Waals surface area contributed by atoms with Crippen LogP contribution in [0.5, 0.6) is 5.75 Å².